The standard InChI is InChI=1S/C25H27ClN2O5S/c1-17(23-15-22(32-2)13-14-24(23)33-3)27-25(29)19-7-11-21(12-8-19)28(34(4,30)31)16-18-5-9-20(26)10-6-18/h5-15,17H,16H2,1-4H3,(H,27,29)/t17-/m0/s1. The third-order valence-electron chi connectivity index (χ3n) is 5.31. The molecule has 0 saturated carbocycles. The van der Waals surface area contributed by atoms with Gasteiger partial charge in [-0.3, -0.25) is 9.10 Å². The number of hydrogen-bond donors (Lipinski definition) is 1. The van der Waals surface area contributed by atoms with Gasteiger partial charge in [0.25, 0.3) is 5.91 Å². The molecule has 180 valence electrons. The number of benzene rings is 3. The van der Waals surface area contributed by atoms with E-state index in [4.69, 9.17) is 21.1 Å². The molecule has 34 heavy (non-hydrogen) atoms. The zero-order valence-corrected chi connectivity index (χ0v) is 21.0. The zero-order valence-electron chi connectivity index (χ0n) is 19.4. The molecule has 1 amide bonds. The third-order valence-corrected chi connectivity index (χ3v) is 6.70. The van der Waals surface area contributed by atoms with Crippen molar-refractivity contribution < 1.29 is 22.7 Å². The van der Waals surface area contributed by atoms with Gasteiger partial charge in [0.15, 0.2) is 0 Å². The van der Waals surface area contributed by atoms with E-state index < -0.39 is 10.0 Å². The fourth-order valence-corrected chi connectivity index (χ4v) is 4.48. The first-order valence-electron chi connectivity index (χ1n) is 10.5. The molecule has 3 aromatic rings. The van der Waals surface area contributed by atoms with Gasteiger partial charge in [0.2, 0.25) is 10.0 Å². The number of rotatable bonds is 9. The van der Waals surface area contributed by atoms with Crippen molar-refractivity contribution in [2.75, 3.05) is 24.8 Å². The summed E-state index contributed by atoms with van der Waals surface area (Å²) in [4.78, 5) is 12.9. The summed E-state index contributed by atoms with van der Waals surface area (Å²) in [6.07, 6.45) is 1.15. The Balaban J connectivity index is 1.78. The van der Waals surface area contributed by atoms with E-state index in [1.54, 1.807) is 74.9 Å². The summed E-state index contributed by atoms with van der Waals surface area (Å²) in [6, 6.07) is 18.4. The first kappa shape index (κ1) is 25.4. The average Bonchev–Trinajstić information content (AvgIpc) is 2.82. The highest BCUT2D eigenvalue weighted by molar-refractivity contribution is 7.92. The number of sulfonamides is 1. The first-order valence-corrected chi connectivity index (χ1v) is 12.7. The van der Waals surface area contributed by atoms with Gasteiger partial charge in [-0.15, -0.1) is 0 Å². The molecule has 0 bridgehead atoms. The van der Waals surface area contributed by atoms with Crippen molar-refractivity contribution in [3.8, 4) is 11.5 Å². The minimum absolute atomic E-state index is 0.147. The lowest BCUT2D eigenvalue weighted by atomic mass is 10.1. The predicted octanol–water partition coefficient (Wildman–Crippen LogP) is 4.81. The second-order valence-corrected chi connectivity index (χ2v) is 10.1. The maximum absolute atomic E-state index is 12.9. The van der Waals surface area contributed by atoms with Crippen LogP contribution in [0.25, 0.3) is 0 Å². The van der Waals surface area contributed by atoms with E-state index >= 15 is 0 Å². The van der Waals surface area contributed by atoms with Crippen LogP contribution in [0.15, 0.2) is 66.7 Å². The summed E-state index contributed by atoms with van der Waals surface area (Å²) < 4.78 is 36.8. The van der Waals surface area contributed by atoms with Crippen LogP contribution in [-0.4, -0.2) is 34.8 Å². The van der Waals surface area contributed by atoms with Crippen LogP contribution in [0.5, 0.6) is 11.5 Å². The molecule has 3 rings (SSSR count). The Kier molecular flexibility index (Phi) is 8.06. The van der Waals surface area contributed by atoms with Gasteiger partial charge in [0, 0.05) is 16.1 Å². The Labute approximate surface area is 205 Å². The van der Waals surface area contributed by atoms with Crippen molar-refractivity contribution in [3.05, 3.63) is 88.4 Å². The fourth-order valence-electron chi connectivity index (χ4n) is 3.47. The maximum atomic E-state index is 12.9. The Morgan fingerprint density at radius 3 is 2.21 bits per heavy atom. The Morgan fingerprint density at radius 2 is 1.65 bits per heavy atom. The van der Waals surface area contributed by atoms with Gasteiger partial charge in [-0.25, -0.2) is 8.42 Å². The molecule has 0 aliphatic heterocycles. The van der Waals surface area contributed by atoms with E-state index in [9.17, 15) is 13.2 Å². The van der Waals surface area contributed by atoms with Crippen LogP contribution >= 0.6 is 11.6 Å². The molecular formula is C25H27ClN2O5S. The van der Waals surface area contributed by atoms with Gasteiger partial charge >= 0.3 is 0 Å². The predicted molar refractivity (Wildman–Crippen MR) is 134 cm³/mol. The Bertz CT molecular complexity index is 1250. The molecule has 1 atom stereocenters. The minimum atomic E-state index is -3.55. The van der Waals surface area contributed by atoms with Crippen molar-refractivity contribution >= 4 is 33.2 Å². The largest absolute Gasteiger partial charge is 0.497 e. The number of carbonyl (C=O) groups excluding carboxylic acids is 1. The number of amides is 1. The number of halogens is 1. The van der Waals surface area contributed by atoms with Crippen molar-refractivity contribution in [1.82, 2.24) is 5.32 Å². The number of methoxy groups -OCH3 is 2. The van der Waals surface area contributed by atoms with Crippen LogP contribution < -0.4 is 19.1 Å². The van der Waals surface area contributed by atoms with Crippen molar-refractivity contribution in [3.63, 3.8) is 0 Å². The van der Waals surface area contributed by atoms with Crippen molar-refractivity contribution in [2.45, 2.75) is 19.5 Å². The monoisotopic (exact) mass is 502 g/mol. The molecule has 0 saturated heterocycles. The van der Waals surface area contributed by atoms with Crippen LogP contribution in [0.1, 0.15) is 34.5 Å². The van der Waals surface area contributed by atoms with Crippen LogP contribution in [0, 0.1) is 0 Å². The summed E-state index contributed by atoms with van der Waals surface area (Å²) >= 11 is 5.93. The number of nitrogens with zero attached hydrogens (tertiary/aromatic N) is 1. The molecule has 0 aliphatic rings. The fraction of sp³-hybridized carbons (Fsp3) is 0.240. The van der Waals surface area contributed by atoms with E-state index in [1.807, 2.05) is 13.0 Å². The normalized spacial score (nSPS) is 12.0. The van der Waals surface area contributed by atoms with E-state index in [1.165, 1.54) is 4.31 Å². The third kappa shape index (κ3) is 6.21. The quantitative estimate of drug-likeness (QED) is 0.453. The molecule has 0 fully saturated rings. The minimum Gasteiger partial charge on any atom is -0.497 e. The van der Waals surface area contributed by atoms with Gasteiger partial charge in [0.05, 0.1) is 38.7 Å². The lowest BCUT2D eigenvalue weighted by Gasteiger charge is -2.23. The van der Waals surface area contributed by atoms with Gasteiger partial charge in [-0.05, 0) is 67.1 Å². The smallest absolute Gasteiger partial charge is 0.251 e. The van der Waals surface area contributed by atoms with Crippen LogP contribution in [-0.2, 0) is 16.6 Å². The number of hydrogen-bond acceptors (Lipinski definition) is 5. The zero-order chi connectivity index (χ0) is 24.9. The van der Waals surface area contributed by atoms with Gasteiger partial charge in [0.1, 0.15) is 11.5 Å². The maximum Gasteiger partial charge on any atom is 0.251 e. The van der Waals surface area contributed by atoms with E-state index in [0.717, 1.165) is 17.4 Å². The summed E-state index contributed by atoms with van der Waals surface area (Å²) in [5.74, 6) is 0.991. The topological polar surface area (TPSA) is 84.9 Å². The van der Waals surface area contributed by atoms with Crippen molar-refractivity contribution in [1.29, 1.82) is 0 Å². The van der Waals surface area contributed by atoms with Crippen molar-refractivity contribution in [2.24, 2.45) is 0 Å². The first-order chi connectivity index (χ1) is 16.1. The molecule has 0 heterocycles. The van der Waals surface area contributed by atoms with Gasteiger partial charge in [-0.2, -0.15) is 0 Å². The molecule has 7 nitrogen and oxygen atoms in total. The van der Waals surface area contributed by atoms with E-state index in [-0.39, 0.29) is 18.5 Å². The summed E-state index contributed by atoms with van der Waals surface area (Å²) in [5.41, 5.74) is 2.42. The van der Waals surface area contributed by atoms with Crippen LogP contribution in [0.3, 0.4) is 0 Å². The molecule has 0 radical (unpaired) electrons. The number of ether oxygens (including phenoxy) is 2. The van der Waals surface area contributed by atoms with Crippen LogP contribution in [0.2, 0.25) is 5.02 Å². The molecule has 9 heteroatoms. The van der Waals surface area contributed by atoms with Gasteiger partial charge < -0.3 is 14.8 Å². The SMILES string of the molecule is COc1ccc(OC)c([C@H](C)NC(=O)c2ccc(N(Cc3ccc(Cl)cc3)S(C)(=O)=O)cc2)c1. The molecule has 0 aromatic heterocycles. The molecular weight excluding hydrogens is 476 g/mol. The molecule has 0 unspecified atom stereocenters. The number of anilines is 1. The lowest BCUT2D eigenvalue weighted by molar-refractivity contribution is 0.0939. The highest BCUT2D eigenvalue weighted by Crippen LogP contribution is 2.29. The molecule has 3 aromatic carbocycles. The second-order valence-electron chi connectivity index (χ2n) is 7.75. The number of carbonyl (C=O) groups is 1. The molecule has 1 N–H and O–H groups in total. The average molecular weight is 503 g/mol. The highest BCUT2D eigenvalue weighted by Gasteiger charge is 2.20. The van der Waals surface area contributed by atoms with E-state index in [2.05, 4.69) is 5.32 Å². The Morgan fingerprint density at radius 1 is 1.00 bits per heavy atom. The molecule has 0 aliphatic carbocycles. The summed E-state index contributed by atoms with van der Waals surface area (Å²) in [5, 5.41) is 3.52. The second kappa shape index (κ2) is 10.8. The summed E-state index contributed by atoms with van der Waals surface area (Å²) in [7, 11) is -0.417. The lowest BCUT2D eigenvalue weighted by Crippen LogP contribution is -2.29. The van der Waals surface area contributed by atoms with E-state index in [0.29, 0.717) is 27.8 Å². The number of nitrogens with one attached hydrogen (secondary N) is 1. The Hall–Kier alpha value is -3.23. The highest BCUT2D eigenvalue weighted by atomic mass is 35.5. The van der Waals surface area contributed by atoms with Crippen LogP contribution in [0.4, 0.5) is 5.69 Å². The summed E-state index contributed by atoms with van der Waals surface area (Å²) in [6.45, 7) is 2.00. The van der Waals surface area contributed by atoms with Gasteiger partial charge in [-0.1, -0.05) is 23.7 Å². The molecule has 0 spiro atoms.